The lowest BCUT2D eigenvalue weighted by Gasteiger charge is -2.46. The molecule has 4 rings (SSSR count). The van der Waals surface area contributed by atoms with Crippen LogP contribution in [0.3, 0.4) is 0 Å². The van der Waals surface area contributed by atoms with Gasteiger partial charge in [0.05, 0.1) is 12.5 Å². The molecule has 2 amide bonds. The minimum Gasteiger partial charge on any atom is -0.481 e. The van der Waals surface area contributed by atoms with Crippen LogP contribution in [0, 0.1) is 23.1 Å². The van der Waals surface area contributed by atoms with Crippen LogP contribution in [0.5, 0.6) is 0 Å². The van der Waals surface area contributed by atoms with Crippen molar-refractivity contribution >= 4 is 23.5 Å². The fourth-order valence-corrected chi connectivity index (χ4v) is 6.22. The SMILES string of the molecule is CC(C)C1CCC2(CC1)N=C(c1ccc(F)cc1)C(=O)N2[C@H](CCC(C)(C)C)c1ccc(C(=O)NCCC(=O)O)cc1. The molecule has 0 bridgehead atoms. The maximum atomic E-state index is 14.4. The summed E-state index contributed by atoms with van der Waals surface area (Å²) in [6.07, 6.45) is 4.93. The van der Waals surface area contributed by atoms with Gasteiger partial charge in [-0.1, -0.05) is 46.8 Å². The number of nitrogens with one attached hydrogen (secondary N) is 1. The van der Waals surface area contributed by atoms with Crippen molar-refractivity contribution in [2.75, 3.05) is 6.54 Å². The van der Waals surface area contributed by atoms with Crippen molar-refractivity contribution in [1.82, 2.24) is 10.2 Å². The maximum absolute atomic E-state index is 14.4. The molecule has 1 aliphatic carbocycles. The van der Waals surface area contributed by atoms with Crippen molar-refractivity contribution < 1.29 is 23.9 Å². The molecule has 1 heterocycles. The number of hydrogen-bond donors (Lipinski definition) is 2. The van der Waals surface area contributed by atoms with Gasteiger partial charge < -0.3 is 15.3 Å². The Morgan fingerprint density at radius 2 is 1.69 bits per heavy atom. The highest BCUT2D eigenvalue weighted by atomic mass is 19.1. The van der Waals surface area contributed by atoms with Crippen LogP contribution in [0.15, 0.2) is 53.5 Å². The van der Waals surface area contributed by atoms with E-state index in [0.717, 1.165) is 44.1 Å². The van der Waals surface area contributed by atoms with E-state index in [1.165, 1.54) is 12.1 Å². The van der Waals surface area contributed by atoms with Crippen molar-refractivity contribution in [3.8, 4) is 0 Å². The molecule has 2 aliphatic rings. The number of rotatable bonds is 10. The fraction of sp³-hybridized carbons (Fsp3) is 0.529. The van der Waals surface area contributed by atoms with E-state index in [-0.39, 0.29) is 42.1 Å². The number of carbonyl (C=O) groups is 3. The summed E-state index contributed by atoms with van der Waals surface area (Å²) in [5, 5.41) is 11.5. The van der Waals surface area contributed by atoms with Gasteiger partial charge in [-0.15, -0.1) is 0 Å². The highest BCUT2D eigenvalue weighted by Gasteiger charge is 2.52. The topological polar surface area (TPSA) is 99.1 Å². The van der Waals surface area contributed by atoms with Crippen LogP contribution in [0.1, 0.15) is 107 Å². The second-order valence-electron chi connectivity index (χ2n) is 13.3. The van der Waals surface area contributed by atoms with Crippen LogP contribution in [0.4, 0.5) is 4.39 Å². The number of carboxylic acids is 1. The number of nitrogens with zero attached hydrogens (tertiary/aromatic N) is 2. The quantitative estimate of drug-likeness (QED) is 0.325. The highest BCUT2D eigenvalue weighted by molar-refractivity contribution is 6.46. The average molecular weight is 578 g/mol. The Balaban J connectivity index is 1.71. The standard InChI is InChI=1S/C34H44FN3O4/c1-22(2)23-14-19-34(20-15-23)37-30(25-10-12-27(35)13-11-25)32(42)38(34)28(16-18-33(3,4)5)24-6-8-26(9-7-24)31(41)36-21-17-29(39)40/h6-13,22-23,28H,14-21H2,1-5H3,(H,36,41)(H,39,40)/t23?,28-,34?/m1/s1. The second-order valence-corrected chi connectivity index (χ2v) is 13.3. The third-order valence-electron chi connectivity index (χ3n) is 8.74. The van der Waals surface area contributed by atoms with Gasteiger partial charge in [0.25, 0.3) is 11.8 Å². The molecule has 42 heavy (non-hydrogen) atoms. The van der Waals surface area contributed by atoms with Gasteiger partial charge in [0.15, 0.2) is 0 Å². The van der Waals surface area contributed by atoms with Crippen molar-refractivity contribution in [3.63, 3.8) is 0 Å². The Hall–Kier alpha value is -3.55. The zero-order valence-electron chi connectivity index (χ0n) is 25.5. The number of aliphatic imine (C=N–C) groups is 1. The molecule has 1 saturated carbocycles. The van der Waals surface area contributed by atoms with Crippen LogP contribution >= 0.6 is 0 Å². The van der Waals surface area contributed by atoms with E-state index in [2.05, 4.69) is 39.9 Å². The average Bonchev–Trinajstić information content (AvgIpc) is 3.20. The predicted octanol–water partition coefficient (Wildman–Crippen LogP) is 6.77. The first-order valence-electron chi connectivity index (χ1n) is 15.1. The number of hydrogen-bond acceptors (Lipinski definition) is 4. The molecule has 8 heteroatoms. The third-order valence-corrected chi connectivity index (χ3v) is 8.74. The van der Waals surface area contributed by atoms with E-state index in [9.17, 15) is 18.8 Å². The normalized spacial score (nSPS) is 21.5. The maximum Gasteiger partial charge on any atom is 0.305 e. The molecule has 226 valence electrons. The van der Waals surface area contributed by atoms with Crippen molar-refractivity contribution in [3.05, 3.63) is 71.0 Å². The monoisotopic (exact) mass is 577 g/mol. The summed E-state index contributed by atoms with van der Waals surface area (Å²) in [7, 11) is 0. The summed E-state index contributed by atoms with van der Waals surface area (Å²) in [5.74, 6) is -0.676. The first-order valence-corrected chi connectivity index (χ1v) is 15.1. The van der Waals surface area contributed by atoms with Crippen LogP contribution in [-0.4, -0.2) is 45.7 Å². The highest BCUT2D eigenvalue weighted by Crippen LogP contribution is 2.48. The fourth-order valence-electron chi connectivity index (χ4n) is 6.22. The van der Waals surface area contributed by atoms with Crippen LogP contribution in [0.25, 0.3) is 0 Å². The second kappa shape index (κ2) is 12.8. The largest absolute Gasteiger partial charge is 0.481 e. The molecular weight excluding hydrogens is 533 g/mol. The van der Waals surface area contributed by atoms with E-state index in [4.69, 9.17) is 10.1 Å². The minimum atomic E-state index is -0.971. The summed E-state index contributed by atoms with van der Waals surface area (Å²) >= 11 is 0. The van der Waals surface area contributed by atoms with Crippen LogP contribution in [-0.2, 0) is 9.59 Å². The van der Waals surface area contributed by atoms with E-state index >= 15 is 0 Å². The molecule has 0 saturated heterocycles. The van der Waals surface area contributed by atoms with Gasteiger partial charge in [0, 0.05) is 17.7 Å². The zero-order valence-corrected chi connectivity index (χ0v) is 25.5. The van der Waals surface area contributed by atoms with E-state index < -0.39 is 11.6 Å². The predicted molar refractivity (Wildman–Crippen MR) is 162 cm³/mol. The van der Waals surface area contributed by atoms with E-state index in [0.29, 0.717) is 28.7 Å². The Bertz CT molecular complexity index is 1300. The van der Waals surface area contributed by atoms with Crippen LogP contribution < -0.4 is 5.32 Å². The molecule has 2 aromatic carbocycles. The molecule has 0 radical (unpaired) electrons. The van der Waals surface area contributed by atoms with Crippen molar-refractivity contribution in [1.29, 1.82) is 0 Å². The lowest BCUT2D eigenvalue weighted by atomic mass is 9.75. The van der Waals surface area contributed by atoms with Gasteiger partial charge in [0.2, 0.25) is 0 Å². The summed E-state index contributed by atoms with van der Waals surface area (Å²) in [6.45, 7) is 11.1. The van der Waals surface area contributed by atoms with Crippen molar-refractivity contribution in [2.45, 2.75) is 91.3 Å². The number of benzene rings is 2. The first kappa shape index (κ1) is 31.4. The summed E-state index contributed by atoms with van der Waals surface area (Å²) in [5.41, 5.74) is 1.72. The molecule has 0 unspecified atom stereocenters. The van der Waals surface area contributed by atoms with Gasteiger partial charge >= 0.3 is 5.97 Å². The molecule has 1 atom stereocenters. The van der Waals surface area contributed by atoms with Gasteiger partial charge in [-0.05, 0) is 97.7 Å². The molecule has 2 aromatic rings. The van der Waals surface area contributed by atoms with Crippen LogP contribution in [0.2, 0.25) is 0 Å². The Kier molecular flexibility index (Phi) is 9.53. The third kappa shape index (κ3) is 7.26. The lowest BCUT2D eigenvalue weighted by molar-refractivity contribution is -0.137. The van der Waals surface area contributed by atoms with Gasteiger partial charge in [0.1, 0.15) is 17.2 Å². The molecule has 0 aromatic heterocycles. The summed E-state index contributed by atoms with van der Waals surface area (Å²) < 4.78 is 13.8. The zero-order chi connectivity index (χ0) is 30.7. The Morgan fingerprint density at radius 1 is 1.07 bits per heavy atom. The first-order chi connectivity index (χ1) is 19.8. The summed E-state index contributed by atoms with van der Waals surface area (Å²) in [4.78, 5) is 45.0. The summed E-state index contributed by atoms with van der Waals surface area (Å²) in [6, 6.07) is 13.0. The van der Waals surface area contributed by atoms with Crippen molar-refractivity contribution in [2.24, 2.45) is 22.2 Å². The number of amides is 2. The number of carboxylic acid groups (broad SMARTS) is 1. The number of aliphatic carboxylic acids is 1. The lowest BCUT2D eigenvalue weighted by Crippen LogP contribution is -2.51. The molecule has 2 N–H and O–H groups in total. The Labute approximate surface area is 248 Å². The van der Waals surface area contributed by atoms with Gasteiger partial charge in [-0.3, -0.25) is 19.4 Å². The van der Waals surface area contributed by atoms with E-state index in [1.54, 1.807) is 24.3 Å². The number of carbonyl (C=O) groups excluding carboxylic acids is 2. The number of halogens is 1. The van der Waals surface area contributed by atoms with Gasteiger partial charge in [-0.25, -0.2) is 4.39 Å². The molecular formula is C34H44FN3O4. The molecule has 1 fully saturated rings. The molecule has 1 spiro atoms. The van der Waals surface area contributed by atoms with E-state index in [1.807, 2.05) is 17.0 Å². The van der Waals surface area contributed by atoms with Gasteiger partial charge in [-0.2, -0.15) is 0 Å². The minimum absolute atomic E-state index is 0.0358. The Morgan fingerprint density at radius 3 is 2.24 bits per heavy atom. The smallest absolute Gasteiger partial charge is 0.305 e. The molecule has 1 aliphatic heterocycles. The molecule has 7 nitrogen and oxygen atoms in total.